The molecule has 15 rings (SSSR count). The summed E-state index contributed by atoms with van der Waals surface area (Å²) in [6.45, 7) is 11.5. The SMILES string of the molecule is Cc1cc(N(c2cc(C)c(-c3ccc(-c4cccc5ccccc45)c4ccccc34)cc2C)c2cc(CI)c(-c3ccc(-c4cccc5ccccc45)c4ccccc34)cc2C)c(C)cc1-c1ccc(-c2cccc3ccccc23)c2ccccc12. The van der Waals surface area contributed by atoms with Crippen molar-refractivity contribution < 1.29 is 0 Å². The lowest BCUT2D eigenvalue weighted by molar-refractivity contribution is 1.18. The maximum atomic E-state index is 2.60. The van der Waals surface area contributed by atoms with Crippen LogP contribution in [0.25, 0.3) is 131 Å². The Bertz CT molecular complexity index is 5000. The summed E-state index contributed by atoms with van der Waals surface area (Å²) in [4.78, 5) is 2.58. The second-order valence-electron chi connectivity index (χ2n) is 23.4. The van der Waals surface area contributed by atoms with Crippen molar-refractivity contribution in [3.63, 3.8) is 0 Å². The molecular weight excluding hydrogens is 1150 g/mol. The average molecular weight is 1210 g/mol. The number of halogens is 1. The summed E-state index contributed by atoms with van der Waals surface area (Å²) in [5.74, 6) is 0. The van der Waals surface area contributed by atoms with Gasteiger partial charge < -0.3 is 4.90 Å². The summed E-state index contributed by atoms with van der Waals surface area (Å²) in [6.07, 6.45) is 0. The zero-order valence-corrected chi connectivity index (χ0v) is 51.2. The van der Waals surface area contributed by atoms with Crippen molar-refractivity contribution in [2.24, 2.45) is 0 Å². The number of nitrogens with zero attached hydrogens (tertiary/aromatic N) is 1. The molecule has 0 spiro atoms. The van der Waals surface area contributed by atoms with Crippen molar-refractivity contribution in [2.45, 2.75) is 39.0 Å². The van der Waals surface area contributed by atoms with E-state index in [-0.39, 0.29) is 0 Å². The van der Waals surface area contributed by atoms with Gasteiger partial charge in [0.25, 0.3) is 0 Å². The molecule has 0 amide bonds. The number of anilines is 3. The first kappa shape index (κ1) is 53.1. The summed E-state index contributed by atoms with van der Waals surface area (Å²) < 4.78 is 0.838. The molecule has 0 bridgehead atoms. The third-order valence-electron chi connectivity index (χ3n) is 18.3. The highest BCUT2D eigenvalue weighted by molar-refractivity contribution is 14.1. The van der Waals surface area contributed by atoms with E-state index in [0.29, 0.717) is 0 Å². The van der Waals surface area contributed by atoms with Gasteiger partial charge in [0.15, 0.2) is 0 Å². The molecule has 0 aromatic heterocycles. The molecule has 0 unspecified atom stereocenters. The van der Waals surface area contributed by atoms with E-state index in [2.05, 4.69) is 335 Å². The summed E-state index contributed by atoms with van der Waals surface area (Å²) in [5, 5.41) is 15.1. The molecule has 0 aliphatic carbocycles. The minimum absolute atomic E-state index is 0.838. The van der Waals surface area contributed by atoms with Crippen molar-refractivity contribution in [1.82, 2.24) is 0 Å². The highest BCUT2D eigenvalue weighted by Crippen LogP contribution is 2.49. The van der Waals surface area contributed by atoms with E-state index < -0.39 is 0 Å². The zero-order valence-electron chi connectivity index (χ0n) is 49.0. The Hall–Kier alpha value is -9.61. The van der Waals surface area contributed by atoms with Gasteiger partial charge in [0.05, 0.1) is 0 Å². The molecule has 2 heteroatoms. The molecule has 0 fully saturated rings. The van der Waals surface area contributed by atoms with Gasteiger partial charge in [0, 0.05) is 21.5 Å². The fourth-order valence-electron chi connectivity index (χ4n) is 14.1. The van der Waals surface area contributed by atoms with Crippen LogP contribution < -0.4 is 4.90 Å². The predicted octanol–water partition coefficient (Wildman–Crippen LogP) is 24.6. The molecule has 0 aliphatic heterocycles. The lowest BCUT2D eigenvalue weighted by Gasteiger charge is -2.32. The van der Waals surface area contributed by atoms with Gasteiger partial charge in [0.1, 0.15) is 0 Å². The third-order valence-corrected chi connectivity index (χ3v) is 19.1. The first-order chi connectivity index (χ1) is 42.2. The summed E-state index contributed by atoms with van der Waals surface area (Å²) in [6, 6.07) is 102. The molecule has 15 aromatic carbocycles. The standard InChI is InChI=1S/C84H62IN/c1-52-48-82(54(3)45-79(52)76-42-39-73(67-30-12-15-33-70(67)76)64-36-18-24-57-21-6-9-27-61(57)64)86(83-49-53(2)80(46-55(83)4)77-43-40-74(68-31-13-16-34-71(68)77)65-37-19-25-58-22-7-10-28-62(58)65)84-50-60(51-85)81(47-56(84)5)78-44-41-75(69-32-14-17-35-72(69)78)66-38-20-26-59-23-8-11-29-63(59)66/h6-50H,51H2,1-5H3. The number of rotatable bonds is 10. The Morgan fingerprint density at radius 2 is 0.465 bits per heavy atom. The van der Waals surface area contributed by atoms with Gasteiger partial charge in [-0.3, -0.25) is 0 Å². The predicted molar refractivity (Wildman–Crippen MR) is 380 cm³/mol. The van der Waals surface area contributed by atoms with E-state index in [0.717, 1.165) is 4.43 Å². The van der Waals surface area contributed by atoms with Gasteiger partial charge >= 0.3 is 0 Å². The minimum Gasteiger partial charge on any atom is -0.310 e. The summed E-state index contributed by atoms with van der Waals surface area (Å²) in [7, 11) is 0. The largest absolute Gasteiger partial charge is 0.310 e. The molecule has 0 saturated heterocycles. The summed E-state index contributed by atoms with van der Waals surface area (Å²) >= 11 is 2.60. The van der Waals surface area contributed by atoms with Crippen LogP contribution in [0, 0.1) is 34.6 Å². The highest BCUT2D eigenvalue weighted by atomic mass is 127. The van der Waals surface area contributed by atoms with E-state index in [9.17, 15) is 0 Å². The fraction of sp³-hybridized carbons (Fsp3) is 0.0714. The van der Waals surface area contributed by atoms with E-state index in [4.69, 9.17) is 0 Å². The second kappa shape index (κ2) is 21.8. The van der Waals surface area contributed by atoms with Crippen LogP contribution in [0.5, 0.6) is 0 Å². The lowest BCUT2D eigenvalue weighted by atomic mass is 9.87. The third kappa shape index (κ3) is 8.97. The van der Waals surface area contributed by atoms with Crippen LogP contribution in [0.1, 0.15) is 33.4 Å². The van der Waals surface area contributed by atoms with Crippen molar-refractivity contribution in [3.05, 3.63) is 306 Å². The molecule has 15 aromatic rings. The van der Waals surface area contributed by atoms with Crippen LogP contribution in [0.2, 0.25) is 0 Å². The molecule has 1 nitrogen and oxygen atoms in total. The number of alkyl halides is 1. The van der Waals surface area contributed by atoms with Crippen molar-refractivity contribution in [2.75, 3.05) is 4.90 Å². The lowest BCUT2D eigenvalue weighted by Crippen LogP contribution is -2.15. The second-order valence-corrected chi connectivity index (χ2v) is 24.1. The van der Waals surface area contributed by atoms with E-state index >= 15 is 0 Å². The van der Waals surface area contributed by atoms with Gasteiger partial charge in [-0.2, -0.15) is 0 Å². The van der Waals surface area contributed by atoms with Crippen LogP contribution in [-0.2, 0) is 4.43 Å². The first-order valence-electron chi connectivity index (χ1n) is 29.9. The highest BCUT2D eigenvalue weighted by Gasteiger charge is 2.25. The molecule has 0 heterocycles. The molecule has 86 heavy (non-hydrogen) atoms. The van der Waals surface area contributed by atoms with Crippen LogP contribution in [-0.4, -0.2) is 0 Å². The normalized spacial score (nSPS) is 11.7. The van der Waals surface area contributed by atoms with E-state index in [1.54, 1.807) is 0 Å². The van der Waals surface area contributed by atoms with Gasteiger partial charge in [-0.15, -0.1) is 0 Å². The molecule has 0 aliphatic rings. The first-order valence-corrected chi connectivity index (χ1v) is 31.5. The monoisotopic (exact) mass is 1210 g/mol. The maximum Gasteiger partial charge on any atom is 0.0494 e. The van der Waals surface area contributed by atoms with Crippen molar-refractivity contribution >= 4 is 104 Å². The number of hydrogen-bond acceptors (Lipinski definition) is 1. The molecule has 410 valence electrons. The Kier molecular flexibility index (Phi) is 13.5. The molecule has 0 atom stereocenters. The number of hydrogen-bond donors (Lipinski definition) is 0. The van der Waals surface area contributed by atoms with Crippen LogP contribution in [0.4, 0.5) is 17.1 Å². The van der Waals surface area contributed by atoms with Crippen LogP contribution in [0.3, 0.4) is 0 Å². The number of benzene rings is 15. The topological polar surface area (TPSA) is 3.24 Å². The summed E-state index contributed by atoms with van der Waals surface area (Å²) in [5.41, 5.74) is 25.9. The van der Waals surface area contributed by atoms with Crippen LogP contribution >= 0.6 is 22.6 Å². The fourth-order valence-corrected chi connectivity index (χ4v) is 14.7. The molecule has 0 saturated carbocycles. The Morgan fingerprint density at radius 3 is 0.791 bits per heavy atom. The van der Waals surface area contributed by atoms with Gasteiger partial charge in [-0.1, -0.05) is 259 Å². The molecule has 0 N–H and O–H groups in total. The number of fused-ring (bicyclic) bond motifs is 6. The average Bonchev–Trinajstić information content (AvgIpc) is 2.07. The molecular formula is C84H62IN. The maximum absolute atomic E-state index is 2.60. The van der Waals surface area contributed by atoms with Gasteiger partial charge in [-0.25, -0.2) is 0 Å². The quantitative estimate of drug-likeness (QED) is 0.0974. The molecule has 0 radical (unpaired) electrons. The zero-order chi connectivity index (χ0) is 58.2. The van der Waals surface area contributed by atoms with Crippen molar-refractivity contribution in [1.29, 1.82) is 0 Å². The van der Waals surface area contributed by atoms with Gasteiger partial charge in [-0.05, 0) is 236 Å². The van der Waals surface area contributed by atoms with Crippen LogP contribution in [0.15, 0.2) is 273 Å². The van der Waals surface area contributed by atoms with E-state index in [1.165, 1.54) is 182 Å². The van der Waals surface area contributed by atoms with E-state index in [1.807, 2.05) is 0 Å². The smallest absolute Gasteiger partial charge is 0.0494 e. The minimum atomic E-state index is 0.838. The van der Waals surface area contributed by atoms with Gasteiger partial charge in [0.2, 0.25) is 0 Å². The Balaban J connectivity index is 0.899. The number of aryl methyl sites for hydroxylation is 5. The van der Waals surface area contributed by atoms with Crippen molar-refractivity contribution in [3.8, 4) is 66.8 Å². The Labute approximate surface area is 517 Å². The Morgan fingerprint density at radius 1 is 0.221 bits per heavy atom.